The van der Waals surface area contributed by atoms with Crippen molar-refractivity contribution in [2.75, 3.05) is 18.4 Å². The van der Waals surface area contributed by atoms with Gasteiger partial charge in [0.1, 0.15) is 5.69 Å². The summed E-state index contributed by atoms with van der Waals surface area (Å²) in [6.45, 7) is 3.75. The van der Waals surface area contributed by atoms with Gasteiger partial charge in [0.25, 0.3) is 5.69 Å². The number of nitrogens with one attached hydrogen (secondary N) is 1. The summed E-state index contributed by atoms with van der Waals surface area (Å²) in [7, 11) is 0. The Bertz CT molecular complexity index is 547. The van der Waals surface area contributed by atoms with Crippen molar-refractivity contribution in [3.8, 4) is 0 Å². The van der Waals surface area contributed by atoms with E-state index in [0.717, 1.165) is 24.9 Å². The van der Waals surface area contributed by atoms with Gasteiger partial charge < -0.3 is 11.1 Å². The Morgan fingerprint density at radius 2 is 2.33 bits per heavy atom. The van der Waals surface area contributed by atoms with E-state index >= 15 is 0 Å². The summed E-state index contributed by atoms with van der Waals surface area (Å²) in [6, 6.07) is 4.72. The smallest absolute Gasteiger partial charge is 0.292 e. The highest BCUT2D eigenvalue weighted by atomic mass is 16.6. The second kappa shape index (κ2) is 6.53. The van der Waals surface area contributed by atoms with Gasteiger partial charge in [0, 0.05) is 19.2 Å². The van der Waals surface area contributed by atoms with Crippen LogP contribution in [0.2, 0.25) is 0 Å². The number of carbonyl (C=O) groups is 1. The molecule has 1 aromatic carbocycles. The normalized spacial score (nSPS) is 18.6. The Morgan fingerprint density at radius 1 is 1.57 bits per heavy atom. The molecular weight excluding hydrogens is 272 g/mol. The van der Waals surface area contributed by atoms with E-state index in [1.54, 1.807) is 6.07 Å². The molecule has 7 heteroatoms. The van der Waals surface area contributed by atoms with Crippen LogP contribution in [0.25, 0.3) is 0 Å². The number of carbonyl (C=O) groups excluding carboxylic acids is 1. The minimum atomic E-state index is -0.392. The molecule has 3 N–H and O–H groups in total. The fraction of sp³-hybridized carbons (Fsp3) is 0.500. The lowest BCUT2D eigenvalue weighted by Gasteiger charge is -2.23. The highest BCUT2D eigenvalue weighted by Gasteiger charge is 2.30. The number of rotatable bonds is 6. The van der Waals surface area contributed by atoms with Gasteiger partial charge in [0.05, 0.1) is 11.0 Å². The first-order valence-corrected chi connectivity index (χ1v) is 7.08. The van der Waals surface area contributed by atoms with Crippen LogP contribution in [0.15, 0.2) is 18.2 Å². The summed E-state index contributed by atoms with van der Waals surface area (Å²) in [5, 5.41) is 14.2. The molecule has 1 aliphatic rings. The van der Waals surface area contributed by atoms with E-state index in [2.05, 4.69) is 5.32 Å². The number of amides is 1. The van der Waals surface area contributed by atoms with Crippen molar-refractivity contribution in [2.24, 2.45) is 5.73 Å². The number of anilines is 1. The van der Waals surface area contributed by atoms with Crippen molar-refractivity contribution >= 4 is 17.3 Å². The molecule has 2 rings (SSSR count). The molecule has 1 fully saturated rings. The summed E-state index contributed by atoms with van der Waals surface area (Å²) < 4.78 is 0. The molecule has 114 valence electrons. The van der Waals surface area contributed by atoms with Crippen molar-refractivity contribution in [1.82, 2.24) is 4.90 Å². The number of nitro groups is 1. The fourth-order valence-electron chi connectivity index (χ4n) is 2.81. The third kappa shape index (κ3) is 3.30. The number of nitro benzene ring substituents is 1. The molecule has 1 aliphatic heterocycles. The van der Waals surface area contributed by atoms with Crippen LogP contribution in [0.5, 0.6) is 0 Å². The average Bonchev–Trinajstić information content (AvgIpc) is 2.89. The number of para-hydroxylation sites is 1. The molecule has 1 amide bonds. The van der Waals surface area contributed by atoms with Crippen LogP contribution in [0.1, 0.15) is 25.3 Å². The van der Waals surface area contributed by atoms with Gasteiger partial charge in [-0.2, -0.15) is 0 Å². The number of nitrogens with two attached hydrogens (primary N) is 1. The van der Waals surface area contributed by atoms with Gasteiger partial charge in [-0.3, -0.25) is 19.8 Å². The highest BCUT2D eigenvalue weighted by Crippen LogP contribution is 2.30. The van der Waals surface area contributed by atoms with E-state index in [0.29, 0.717) is 18.8 Å². The van der Waals surface area contributed by atoms with E-state index in [9.17, 15) is 14.9 Å². The maximum absolute atomic E-state index is 11.4. The average molecular weight is 292 g/mol. The number of primary amides is 1. The van der Waals surface area contributed by atoms with Gasteiger partial charge in [-0.1, -0.05) is 12.1 Å². The Kier molecular flexibility index (Phi) is 4.74. The van der Waals surface area contributed by atoms with E-state index < -0.39 is 4.92 Å². The quantitative estimate of drug-likeness (QED) is 0.610. The summed E-state index contributed by atoms with van der Waals surface area (Å²) in [5.74, 6) is -0.331. The van der Waals surface area contributed by atoms with Crippen molar-refractivity contribution < 1.29 is 9.72 Å². The van der Waals surface area contributed by atoms with Crippen molar-refractivity contribution in [2.45, 2.75) is 32.4 Å². The van der Waals surface area contributed by atoms with Gasteiger partial charge in [0.15, 0.2) is 0 Å². The number of hydrogen-bond acceptors (Lipinski definition) is 5. The molecule has 1 heterocycles. The number of hydrogen-bond donors (Lipinski definition) is 2. The lowest BCUT2D eigenvalue weighted by molar-refractivity contribution is -0.384. The first-order chi connectivity index (χ1) is 10.0. The SMILES string of the molecule is CCNc1c(CN2CCCC2C(N)=O)cccc1[N+](=O)[O-]. The predicted octanol–water partition coefficient (Wildman–Crippen LogP) is 1.48. The van der Waals surface area contributed by atoms with Crippen LogP contribution in [0.4, 0.5) is 11.4 Å². The summed E-state index contributed by atoms with van der Waals surface area (Å²) in [4.78, 5) is 24.2. The molecule has 0 spiro atoms. The van der Waals surface area contributed by atoms with Gasteiger partial charge in [-0.25, -0.2) is 0 Å². The minimum absolute atomic E-state index is 0.0594. The van der Waals surface area contributed by atoms with E-state index in [1.807, 2.05) is 17.9 Å². The van der Waals surface area contributed by atoms with Gasteiger partial charge >= 0.3 is 0 Å². The first-order valence-electron chi connectivity index (χ1n) is 7.08. The lowest BCUT2D eigenvalue weighted by atomic mass is 10.1. The molecule has 1 aromatic rings. The monoisotopic (exact) mass is 292 g/mol. The molecular formula is C14H20N4O3. The molecule has 0 bridgehead atoms. The third-order valence-electron chi connectivity index (χ3n) is 3.74. The molecule has 0 aliphatic carbocycles. The Balaban J connectivity index is 2.28. The molecule has 1 saturated heterocycles. The largest absolute Gasteiger partial charge is 0.380 e. The van der Waals surface area contributed by atoms with Crippen LogP contribution in [0, 0.1) is 10.1 Å². The molecule has 7 nitrogen and oxygen atoms in total. The Morgan fingerprint density at radius 3 is 2.95 bits per heavy atom. The number of nitrogens with zero attached hydrogens (tertiary/aromatic N) is 2. The second-order valence-electron chi connectivity index (χ2n) is 5.13. The molecule has 0 saturated carbocycles. The third-order valence-corrected chi connectivity index (χ3v) is 3.74. The standard InChI is InChI=1S/C14H20N4O3/c1-2-16-13-10(5-3-6-11(13)18(20)21)9-17-8-4-7-12(17)14(15)19/h3,5-6,12,16H,2,4,7-9H2,1H3,(H2,15,19). The Labute approximate surface area is 123 Å². The highest BCUT2D eigenvalue weighted by molar-refractivity contribution is 5.80. The summed E-state index contributed by atoms with van der Waals surface area (Å²) >= 11 is 0. The maximum atomic E-state index is 11.4. The van der Waals surface area contributed by atoms with Gasteiger partial charge in [0.2, 0.25) is 5.91 Å². The van der Waals surface area contributed by atoms with E-state index in [1.165, 1.54) is 6.07 Å². The Hall–Kier alpha value is -2.15. The van der Waals surface area contributed by atoms with Crippen molar-refractivity contribution in [1.29, 1.82) is 0 Å². The van der Waals surface area contributed by atoms with Gasteiger partial charge in [-0.05, 0) is 31.9 Å². The molecule has 1 unspecified atom stereocenters. The maximum Gasteiger partial charge on any atom is 0.292 e. The zero-order valence-electron chi connectivity index (χ0n) is 12.0. The van der Waals surface area contributed by atoms with Crippen LogP contribution in [0.3, 0.4) is 0 Å². The zero-order valence-corrected chi connectivity index (χ0v) is 12.0. The molecule has 21 heavy (non-hydrogen) atoms. The predicted molar refractivity (Wildman–Crippen MR) is 79.9 cm³/mol. The fourth-order valence-corrected chi connectivity index (χ4v) is 2.81. The lowest BCUT2D eigenvalue weighted by Crippen LogP contribution is -2.39. The van der Waals surface area contributed by atoms with Crippen molar-refractivity contribution in [3.05, 3.63) is 33.9 Å². The summed E-state index contributed by atoms with van der Waals surface area (Å²) in [5.41, 5.74) is 6.82. The van der Waals surface area contributed by atoms with Crippen LogP contribution in [-0.4, -0.2) is 34.9 Å². The molecule has 0 radical (unpaired) electrons. The number of likely N-dealkylation sites (tertiary alicyclic amines) is 1. The van der Waals surface area contributed by atoms with Crippen LogP contribution >= 0.6 is 0 Å². The van der Waals surface area contributed by atoms with Crippen LogP contribution in [-0.2, 0) is 11.3 Å². The second-order valence-corrected chi connectivity index (χ2v) is 5.13. The molecule has 0 aromatic heterocycles. The van der Waals surface area contributed by atoms with Crippen molar-refractivity contribution in [3.63, 3.8) is 0 Å². The topological polar surface area (TPSA) is 102 Å². The van der Waals surface area contributed by atoms with Gasteiger partial charge in [-0.15, -0.1) is 0 Å². The molecule has 1 atom stereocenters. The van der Waals surface area contributed by atoms with E-state index in [4.69, 9.17) is 5.73 Å². The summed E-state index contributed by atoms with van der Waals surface area (Å²) in [6.07, 6.45) is 1.67. The van der Waals surface area contributed by atoms with Crippen LogP contribution < -0.4 is 11.1 Å². The number of benzene rings is 1. The zero-order chi connectivity index (χ0) is 15.4. The minimum Gasteiger partial charge on any atom is -0.380 e. The van der Waals surface area contributed by atoms with E-state index in [-0.39, 0.29) is 17.6 Å². The first kappa shape index (κ1) is 15.2.